The van der Waals surface area contributed by atoms with Gasteiger partial charge in [0.1, 0.15) is 11.5 Å². The summed E-state index contributed by atoms with van der Waals surface area (Å²) in [5.74, 6) is 4.26. The van der Waals surface area contributed by atoms with E-state index in [0.29, 0.717) is 14.4 Å². The van der Waals surface area contributed by atoms with E-state index in [0.717, 1.165) is 0 Å². The van der Waals surface area contributed by atoms with Crippen LogP contribution in [0.15, 0.2) is 28.2 Å². The molecular formula is C10H7BrFN3OS. The molecule has 0 radical (unpaired) electrons. The SMILES string of the molecule is NNC(=O)c1nc(Br)sc1-c1ccc(F)cc1. The Kier molecular flexibility index (Phi) is 3.51. The van der Waals surface area contributed by atoms with Crippen LogP contribution in [0.4, 0.5) is 4.39 Å². The smallest absolute Gasteiger partial charge is 0.285 e. The molecule has 0 aliphatic rings. The van der Waals surface area contributed by atoms with E-state index < -0.39 is 5.91 Å². The van der Waals surface area contributed by atoms with Gasteiger partial charge in [0.25, 0.3) is 5.91 Å². The molecule has 0 aliphatic heterocycles. The molecule has 3 N–H and O–H groups in total. The fourth-order valence-electron chi connectivity index (χ4n) is 1.31. The van der Waals surface area contributed by atoms with Crippen molar-refractivity contribution in [2.24, 2.45) is 5.84 Å². The average Bonchev–Trinajstić information content (AvgIpc) is 2.71. The van der Waals surface area contributed by atoms with E-state index in [1.165, 1.54) is 23.5 Å². The minimum atomic E-state index is -0.480. The highest BCUT2D eigenvalue weighted by Crippen LogP contribution is 2.32. The van der Waals surface area contributed by atoms with Crippen molar-refractivity contribution in [2.45, 2.75) is 0 Å². The van der Waals surface area contributed by atoms with Crippen LogP contribution in [0.5, 0.6) is 0 Å². The molecule has 0 aliphatic carbocycles. The zero-order valence-electron chi connectivity index (χ0n) is 8.41. The third kappa shape index (κ3) is 2.51. The third-order valence-electron chi connectivity index (χ3n) is 2.05. The predicted molar refractivity (Wildman–Crippen MR) is 66.9 cm³/mol. The van der Waals surface area contributed by atoms with Gasteiger partial charge in [0.05, 0.1) is 4.88 Å². The maximum absolute atomic E-state index is 12.8. The maximum Gasteiger partial charge on any atom is 0.285 e. The summed E-state index contributed by atoms with van der Waals surface area (Å²) in [5.41, 5.74) is 2.96. The van der Waals surface area contributed by atoms with Crippen molar-refractivity contribution in [1.29, 1.82) is 0 Å². The molecule has 1 aromatic carbocycles. The first-order valence-corrected chi connectivity index (χ1v) is 6.16. The lowest BCUT2D eigenvalue weighted by atomic mass is 10.1. The van der Waals surface area contributed by atoms with Gasteiger partial charge < -0.3 is 0 Å². The van der Waals surface area contributed by atoms with Crippen LogP contribution in [-0.4, -0.2) is 10.9 Å². The van der Waals surface area contributed by atoms with E-state index in [1.54, 1.807) is 12.1 Å². The number of aromatic nitrogens is 1. The zero-order chi connectivity index (χ0) is 12.4. The van der Waals surface area contributed by atoms with E-state index in [1.807, 2.05) is 5.43 Å². The summed E-state index contributed by atoms with van der Waals surface area (Å²) < 4.78 is 13.4. The number of hydrogen-bond donors (Lipinski definition) is 2. The molecule has 0 bridgehead atoms. The van der Waals surface area contributed by atoms with E-state index in [2.05, 4.69) is 20.9 Å². The van der Waals surface area contributed by atoms with Gasteiger partial charge in [-0.2, -0.15) is 0 Å². The van der Waals surface area contributed by atoms with Gasteiger partial charge in [-0.1, -0.05) is 12.1 Å². The number of rotatable bonds is 2. The normalized spacial score (nSPS) is 10.3. The molecule has 1 aromatic heterocycles. The second kappa shape index (κ2) is 4.91. The Hall–Kier alpha value is -1.31. The topological polar surface area (TPSA) is 68.0 Å². The van der Waals surface area contributed by atoms with Gasteiger partial charge in [-0.05, 0) is 33.6 Å². The summed E-state index contributed by atoms with van der Waals surface area (Å²) in [4.78, 5) is 16.2. The van der Waals surface area contributed by atoms with Gasteiger partial charge in [-0.3, -0.25) is 10.2 Å². The number of nitrogens with zero attached hydrogens (tertiary/aromatic N) is 1. The minimum Gasteiger partial charge on any atom is -0.289 e. The van der Waals surface area contributed by atoms with Crippen LogP contribution < -0.4 is 11.3 Å². The van der Waals surface area contributed by atoms with Gasteiger partial charge >= 0.3 is 0 Å². The molecule has 2 rings (SSSR count). The number of halogens is 2. The molecule has 88 valence electrons. The van der Waals surface area contributed by atoms with E-state index in [-0.39, 0.29) is 11.5 Å². The summed E-state index contributed by atoms with van der Waals surface area (Å²) in [6, 6.07) is 5.82. The van der Waals surface area contributed by atoms with Crippen LogP contribution in [-0.2, 0) is 0 Å². The molecule has 0 unspecified atom stereocenters. The number of nitrogen functional groups attached to an aromatic ring is 1. The first-order chi connectivity index (χ1) is 8.11. The van der Waals surface area contributed by atoms with Gasteiger partial charge in [-0.15, -0.1) is 11.3 Å². The Morgan fingerprint density at radius 3 is 2.65 bits per heavy atom. The van der Waals surface area contributed by atoms with Gasteiger partial charge in [0.15, 0.2) is 3.92 Å². The highest BCUT2D eigenvalue weighted by molar-refractivity contribution is 9.11. The van der Waals surface area contributed by atoms with Crippen molar-refractivity contribution in [3.05, 3.63) is 39.7 Å². The molecule has 1 heterocycles. The monoisotopic (exact) mass is 315 g/mol. The van der Waals surface area contributed by atoms with Gasteiger partial charge in [-0.25, -0.2) is 15.2 Å². The van der Waals surface area contributed by atoms with E-state index in [9.17, 15) is 9.18 Å². The number of nitrogens with one attached hydrogen (secondary N) is 1. The van der Waals surface area contributed by atoms with Crippen LogP contribution in [0.1, 0.15) is 10.5 Å². The molecule has 0 fully saturated rings. The molecule has 4 nitrogen and oxygen atoms in total. The minimum absolute atomic E-state index is 0.219. The Bertz CT molecular complexity index is 555. The first-order valence-electron chi connectivity index (χ1n) is 4.55. The number of hydrogen-bond acceptors (Lipinski definition) is 4. The number of hydrazine groups is 1. The van der Waals surface area contributed by atoms with Crippen LogP contribution in [0.2, 0.25) is 0 Å². The second-order valence-electron chi connectivity index (χ2n) is 3.12. The number of nitrogens with two attached hydrogens (primary N) is 1. The van der Waals surface area contributed by atoms with E-state index in [4.69, 9.17) is 5.84 Å². The lowest BCUT2D eigenvalue weighted by Crippen LogP contribution is -2.30. The Morgan fingerprint density at radius 1 is 1.41 bits per heavy atom. The molecule has 17 heavy (non-hydrogen) atoms. The molecule has 0 spiro atoms. The second-order valence-corrected chi connectivity index (χ2v) is 5.40. The highest BCUT2D eigenvalue weighted by atomic mass is 79.9. The Balaban J connectivity index is 2.51. The predicted octanol–water partition coefficient (Wildman–Crippen LogP) is 2.32. The first kappa shape index (κ1) is 12.2. The van der Waals surface area contributed by atoms with Crippen molar-refractivity contribution in [2.75, 3.05) is 0 Å². The molecule has 1 amide bonds. The van der Waals surface area contributed by atoms with Crippen LogP contribution in [0.3, 0.4) is 0 Å². The maximum atomic E-state index is 12.8. The Labute approximate surface area is 109 Å². The molecule has 2 aromatic rings. The summed E-state index contributed by atoms with van der Waals surface area (Å²) in [7, 11) is 0. The van der Waals surface area contributed by atoms with Crippen molar-refractivity contribution in [1.82, 2.24) is 10.4 Å². The zero-order valence-corrected chi connectivity index (χ0v) is 10.8. The van der Waals surface area contributed by atoms with E-state index >= 15 is 0 Å². The molecular weight excluding hydrogens is 309 g/mol. The van der Waals surface area contributed by atoms with Crippen molar-refractivity contribution in [3.63, 3.8) is 0 Å². The molecule has 0 saturated heterocycles. The van der Waals surface area contributed by atoms with Crippen molar-refractivity contribution < 1.29 is 9.18 Å². The van der Waals surface area contributed by atoms with Crippen LogP contribution in [0, 0.1) is 5.82 Å². The fraction of sp³-hybridized carbons (Fsp3) is 0. The van der Waals surface area contributed by atoms with Gasteiger partial charge in [0, 0.05) is 0 Å². The molecule has 7 heteroatoms. The quantitative estimate of drug-likeness (QED) is 0.507. The number of carbonyl (C=O) groups excluding carboxylic acids is 1. The lowest BCUT2D eigenvalue weighted by molar-refractivity contribution is 0.0950. The summed E-state index contributed by atoms with van der Waals surface area (Å²) >= 11 is 4.49. The van der Waals surface area contributed by atoms with Crippen molar-refractivity contribution in [3.8, 4) is 10.4 Å². The standard InChI is InChI=1S/C10H7BrFN3OS/c11-10-14-7(9(16)15-13)8(17-10)5-1-3-6(12)4-2-5/h1-4H,13H2,(H,15,16). The molecule has 0 atom stereocenters. The highest BCUT2D eigenvalue weighted by Gasteiger charge is 2.17. The van der Waals surface area contributed by atoms with Crippen molar-refractivity contribution >= 4 is 33.2 Å². The third-order valence-corrected chi connectivity index (χ3v) is 3.61. The lowest BCUT2D eigenvalue weighted by Gasteiger charge is -2.00. The summed E-state index contributed by atoms with van der Waals surface area (Å²) in [6.45, 7) is 0. The number of amides is 1. The fourth-order valence-corrected chi connectivity index (χ4v) is 2.77. The largest absolute Gasteiger partial charge is 0.289 e. The summed E-state index contributed by atoms with van der Waals surface area (Å²) in [6.07, 6.45) is 0. The van der Waals surface area contributed by atoms with Crippen LogP contribution >= 0.6 is 27.3 Å². The number of benzene rings is 1. The number of carbonyl (C=O) groups is 1. The average molecular weight is 316 g/mol. The summed E-state index contributed by atoms with van der Waals surface area (Å²) in [5, 5.41) is 0. The van der Waals surface area contributed by atoms with Gasteiger partial charge in [0.2, 0.25) is 0 Å². The van der Waals surface area contributed by atoms with Crippen LogP contribution in [0.25, 0.3) is 10.4 Å². The molecule has 0 saturated carbocycles. The number of thiazole rings is 1. The Morgan fingerprint density at radius 2 is 2.06 bits per heavy atom.